The zero-order valence-corrected chi connectivity index (χ0v) is 16.8. The first-order valence-electron chi connectivity index (χ1n) is 8.25. The van der Waals surface area contributed by atoms with E-state index in [1.54, 1.807) is 41.4 Å². The fourth-order valence-corrected chi connectivity index (χ4v) is 6.02. The lowest BCUT2D eigenvalue weighted by Gasteiger charge is -2.09. The van der Waals surface area contributed by atoms with E-state index in [1.165, 1.54) is 11.6 Å². The summed E-state index contributed by atoms with van der Waals surface area (Å²) in [4.78, 5) is 12.5. The van der Waals surface area contributed by atoms with Gasteiger partial charge in [-0.3, -0.25) is 0 Å². The zero-order valence-electron chi connectivity index (χ0n) is 14.4. The number of carboxylic acids is 1. The quantitative estimate of drug-likeness (QED) is 0.534. The van der Waals surface area contributed by atoms with Gasteiger partial charge in [0.2, 0.25) is 0 Å². The molecule has 0 atom stereocenters. The number of hydrogen-bond acceptors (Lipinski definition) is 5. The Morgan fingerprint density at radius 2 is 1.81 bits per heavy atom. The van der Waals surface area contributed by atoms with Gasteiger partial charge in [-0.2, -0.15) is 0 Å². The van der Waals surface area contributed by atoms with Gasteiger partial charge in [-0.25, -0.2) is 13.2 Å². The van der Waals surface area contributed by atoms with Crippen LogP contribution in [0.2, 0.25) is 0 Å². The van der Waals surface area contributed by atoms with Gasteiger partial charge in [-0.15, -0.1) is 23.1 Å². The summed E-state index contributed by atoms with van der Waals surface area (Å²) in [7, 11) is -3.54. The van der Waals surface area contributed by atoms with Crippen molar-refractivity contribution in [1.82, 2.24) is 0 Å². The van der Waals surface area contributed by atoms with Gasteiger partial charge in [0, 0.05) is 10.6 Å². The molecule has 4 nitrogen and oxygen atoms in total. The monoisotopic (exact) mass is 418 g/mol. The van der Waals surface area contributed by atoms with E-state index < -0.39 is 15.8 Å². The lowest BCUT2D eigenvalue weighted by atomic mass is 10.1. The van der Waals surface area contributed by atoms with Crippen molar-refractivity contribution in [2.75, 3.05) is 5.75 Å². The molecule has 0 spiro atoms. The van der Waals surface area contributed by atoms with E-state index in [4.69, 9.17) is 0 Å². The average Bonchev–Trinajstić information content (AvgIpc) is 3.19. The highest BCUT2D eigenvalue weighted by atomic mass is 32.2. The van der Waals surface area contributed by atoms with Crippen molar-refractivity contribution in [2.24, 2.45) is 0 Å². The number of thioether (sulfide) groups is 1. The molecule has 140 valence electrons. The Bertz CT molecular complexity index is 1010. The Morgan fingerprint density at radius 3 is 2.48 bits per heavy atom. The molecule has 0 aliphatic rings. The highest BCUT2D eigenvalue weighted by Crippen LogP contribution is 2.27. The van der Waals surface area contributed by atoms with Crippen molar-refractivity contribution >= 4 is 38.9 Å². The minimum atomic E-state index is -3.54. The summed E-state index contributed by atoms with van der Waals surface area (Å²) in [5.41, 5.74) is 1.57. The van der Waals surface area contributed by atoms with Crippen molar-refractivity contribution in [3.05, 3.63) is 82.7 Å². The third-order valence-corrected chi connectivity index (χ3v) is 8.11. The maximum atomic E-state index is 12.5. The molecule has 3 rings (SSSR count). The normalized spacial score (nSPS) is 11.4. The predicted octanol–water partition coefficient (Wildman–Crippen LogP) is 4.76. The van der Waals surface area contributed by atoms with Crippen molar-refractivity contribution in [2.45, 2.75) is 21.3 Å². The summed E-state index contributed by atoms with van der Waals surface area (Å²) in [6.45, 7) is 0. The molecule has 1 heterocycles. The van der Waals surface area contributed by atoms with Gasteiger partial charge in [0.15, 0.2) is 9.84 Å². The number of benzene rings is 2. The lowest BCUT2D eigenvalue weighted by Crippen LogP contribution is -2.09. The Kier molecular flexibility index (Phi) is 6.36. The van der Waals surface area contributed by atoms with Crippen molar-refractivity contribution in [3.8, 4) is 0 Å². The summed E-state index contributed by atoms with van der Waals surface area (Å²) < 4.78 is 25.2. The highest BCUT2D eigenvalue weighted by Gasteiger charge is 2.21. The number of hydrogen-bond donors (Lipinski definition) is 1. The standard InChI is InChI=1S/C20H18O4S3/c21-20(22)18-13-17(25-12-10-15-5-2-1-3-6-15)9-8-16(18)14-27(23,24)19-7-4-11-26-19/h1-9,11,13H,10,12,14H2,(H,21,22). The number of carboxylic acid groups (broad SMARTS) is 1. The number of rotatable bonds is 8. The second-order valence-electron chi connectivity index (χ2n) is 5.90. The van der Waals surface area contributed by atoms with Crippen LogP contribution in [-0.2, 0) is 22.0 Å². The van der Waals surface area contributed by atoms with E-state index in [0.717, 1.165) is 28.4 Å². The van der Waals surface area contributed by atoms with Crippen LogP contribution in [0.4, 0.5) is 0 Å². The summed E-state index contributed by atoms with van der Waals surface area (Å²) in [6.07, 6.45) is 0.877. The van der Waals surface area contributed by atoms with Crippen LogP contribution in [0.1, 0.15) is 21.5 Å². The van der Waals surface area contributed by atoms with Crippen molar-refractivity contribution in [3.63, 3.8) is 0 Å². The molecule has 0 fully saturated rings. The lowest BCUT2D eigenvalue weighted by molar-refractivity contribution is 0.0695. The zero-order chi connectivity index (χ0) is 19.3. The van der Waals surface area contributed by atoms with E-state index in [0.29, 0.717) is 5.56 Å². The maximum Gasteiger partial charge on any atom is 0.336 e. The van der Waals surface area contributed by atoms with E-state index in [9.17, 15) is 18.3 Å². The molecular weight excluding hydrogens is 400 g/mol. The minimum Gasteiger partial charge on any atom is -0.478 e. The largest absolute Gasteiger partial charge is 0.478 e. The molecule has 0 radical (unpaired) electrons. The fraction of sp³-hybridized carbons (Fsp3) is 0.150. The van der Waals surface area contributed by atoms with Crippen LogP contribution in [0.15, 0.2) is 75.1 Å². The summed E-state index contributed by atoms with van der Waals surface area (Å²) >= 11 is 2.70. The molecule has 0 amide bonds. The van der Waals surface area contributed by atoms with Gasteiger partial charge in [0.05, 0.1) is 11.3 Å². The van der Waals surface area contributed by atoms with Crippen LogP contribution < -0.4 is 0 Å². The number of sulfone groups is 1. The van der Waals surface area contributed by atoms with Gasteiger partial charge in [-0.05, 0) is 41.1 Å². The molecule has 1 aromatic heterocycles. The molecular formula is C20H18O4S3. The highest BCUT2D eigenvalue weighted by molar-refractivity contribution is 7.99. The molecule has 1 N–H and O–H groups in total. The van der Waals surface area contributed by atoms with Gasteiger partial charge >= 0.3 is 5.97 Å². The van der Waals surface area contributed by atoms with E-state index in [1.807, 2.05) is 18.2 Å². The summed E-state index contributed by atoms with van der Waals surface area (Å²) in [5, 5.41) is 11.2. The van der Waals surface area contributed by atoms with Crippen LogP contribution in [0.5, 0.6) is 0 Å². The van der Waals surface area contributed by atoms with E-state index >= 15 is 0 Å². The van der Waals surface area contributed by atoms with E-state index in [2.05, 4.69) is 12.1 Å². The second-order valence-corrected chi connectivity index (χ2v) is 10.2. The van der Waals surface area contributed by atoms with Crippen molar-refractivity contribution in [1.29, 1.82) is 0 Å². The molecule has 0 saturated heterocycles. The van der Waals surface area contributed by atoms with E-state index in [-0.39, 0.29) is 15.5 Å². The van der Waals surface area contributed by atoms with Gasteiger partial charge in [0.25, 0.3) is 0 Å². The molecule has 27 heavy (non-hydrogen) atoms. The van der Waals surface area contributed by atoms with Crippen LogP contribution in [0.3, 0.4) is 0 Å². The Morgan fingerprint density at radius 1 is 1.04 bits per heavy atom. The molecule has 0 saturated carbocycles. The molecule has 2 aromatic carbocycles. The molecule has 0 aliphatic carbocycles. The van der Waals surface area contributed by atoms with Gasteiger partial charge in [0.1, 0.15) is 4.21 Å². The number of thiophene rings is 1. The number of aromatic carboxylic acids is 1. The minimum absolute atomic E-state index is 0.0415. The van der Waals surface area contributed by atoms with Crippen LogP contribution in [-0.4, -0.2) is 25.2 Å². The first-order valence-corrected chi connectivity index (χ1v) is 11.8. The third kappa shape index (κ3) is 5.22. The first kappa shape index (κ1) is 19.7. The number of aryl methyl sites for hydroxylation is 1. The van der Waals surface area contributed by atoms with Gasteiger partial charge < -0.3 is 5.11 Å². The Hall–Kier alpha value is -2.09. The average molecular weight is 419 g/mol. The molecule has 3 aromatic rings. The SMILES string of the molecule is O=C(O)c1cc(SCCc2ccccc2)ccc1CS(=O)(=O)c1cccs1. The Labute approximate surface area is 166 Å². The fourth-order valence-electron chi connectivity index (χ4n) is 2.62. The molecule has 0 unspecified atom stereocenters. The van der Waals surface area contributed by atoms with Gasteiger partial charge in [-0.1, -0.05) is 42.5 Å². The van der Waals surface area contributed by atoms with Crippen LogP contribution in [0, 0.1) is 0 Å². The molecule has 0 bridgehead atoms. The maximum absolute atomic E-state index is 12.5. The third-order valence-electron chi connectivity index (χ3n) is 3.96. The smallest absolute Gasteiger partial charge is 0.336 e. The van der Waals surface area contributed by atoms with Crippen molar-refractivity contribution < 1.29 is 18.3 Å². The Balaban J connectivity index is 1.74. The second kappa shape index (κ2) is 8.73. The topological polar surface area (TPSA) is 71.4 Å². The summed E-state index contributed by atoms with van der Waals surface area (Å²) in [6, 6.07) is 18.2. The summed E-state index contributed by atoms with van der Waals surface area (Å²) in [5.74, 6) is -0.614. The predicted molar refractivity (Wildman–Crippen MR) is 109 cm³/mol. The molecule has 0 aliphatic heterocycles. The van der Waals surface area contributed by atoms with Crippen LogP contribution in [0.25, 0.3) is 0 Å². The first-order chi connectivity index (χ1) is 13.0. The number of carbonyl (C=O) groups is 1. The molecule has 7 heteroatoms. The van der Waals surface area contributed by atoms with Crippen LogP contribution >= 0.6 is 23.1 Å².